The SMILES string of the molecule is CC[C@@H](C)Oc1ccc(C(=O)NC(=S)N2CCN(c3ccc(C(F)(F)F)cc3[N+](=O)[O-])CC2)cc1. The Kier molecular flexibility index (Phi) is 8.15. The van der Waals surface area contributed by atoms with E-state index in [1.165, 1.54) is 0 Å². The van der Waals surface area contributed by atoms with Crippen LogP contribution in [0.4, 0.5) is 24.5 Å². The number of nitrogens with one attached hydrogen (secondary N) is 1. The number of rotatable bonds is 6. The van der Waals surface area contributed by atoms with Crippen LogP contribution in [-0.2, 0) is 6.18 Å². The Morgan fingerprint density at radius 2 is 1.80 bits per heavy atom. The molecule has 3 rings (SSSR count). The number of halogens is 3. The van der Waals surface area contributed by atoms with Gasteiger partial charge >= 0.3 is 6.18 Å². The number of carbonyl (C=O) groups excluding carboxylic acids is 1. The van der Waals surface area contributed by atoms with Gasteiger partial charge in [0, 0.05) is 37.8 Å². The van der Waals surface area contributed by atoms with Gasteiger partial charge in [-0.15, -0.1) is 0 Å². The molecule has 1 amide bonds. The summed E-state index contributed by atoms with van der Waals surface area (Å²) in [7, 11) is 0. The number of alkyl halides is 3. The van der Waals surface area contributed by atoms with Gasteiger partial charge in [0.05, 0.1) is 16.6 Å². The number of benzene rings is 2. The maximum atomic E-state index is 13.0. The summed E-state index contributed by atoms with van der Waals surface area (Å²) in [6.45, 7) is 5.19. The maximum Gasteiger partial charge on any atom is 0.416 e. The molecular weight excluding hydrogens is 485 g/mol. The third-order valence-corrected chi connectivity index (χ3v) is 6.02. The Labute approximate surface area is 205 Å². The highest BCUT2D eigenvalue weighted by molar-refractivity contribution is 7.80. The van der Waals surface area contributed by atoms with E-state index in [2.05, 4.69) is 5.32 Å². The van der Waals surface area contributed by atoms with Crippen LogP contribution in [0.2, 0.25) is 0 Å². The van der Waals surface area contributed by atoms with E-state index in [1.54, 1.807) is 34.1 Å². The van der Waals surface area contributed by atoms with Crippen molar-refractivity contribution >= 4 is 34.6 Å². The first kappa shape index (κ1) is 26.2. The number of nitro benzene ring substituents is 1. The van der Waals surface area contributed by atoms with Gasteiger partial charge in [0.25, 0.3) is 11.6 Å². The zero-order chi connectivity index (χ0) is 25.8. The Hall–Kier alpha value is -3.41. The fourth-order valence-corrected chi connectivity index (χ4v) is 3.79. The third-order valence-electron chi connectivity index (χ3n) is 5.66. The number of carbonyl (C=O) groups is 1. The van der Waals surface area contributed by atoms with Gasteiger partial charge in [-0.25, -0.2) is 0 Å². The maximum absolute atomic E-state index is 13.0. The number of hydrogen-bond acceptors (Lipinski definition) is 6. The van der Waals surface area contributed by atoms with Gasteiger partial charge in [0.15, 0.2) is 5.11 Å². The lowest BCUT2D eigenvalue weighted by atomic mass is 10.1. The van der Waals surface area contributed by atoms with Crippen molar-refractivity contribution in [3.8, 4) is 5.75 Å². The number of ether oxygens (including phenoxy) is 1. The summed E-state index contributed by atoms with van der Waals surface area (Å²) in [5.41, 5.74) is -1.17. The third kappa shape index (κ3) is 6.59. The number of piperazine rings is 1. The van der Waals surface area contributed by atoms with E-state index >= 15 is 0 Å². The van der Waals surface area contributed by atoms with Crippen molar-refractivity contribution in [2.75, 3.05) is 31.1 Å². The molecule has 2 aromatic carbocycles. The van der Waals surface area contributed by atoms with E-state index in [1.807, 2.05) is 13.8 Å². The smallest absolute Gasteiger partial charge is 0.416 e. The van der Waals surface area contributed by atoms with Gasteiger partial charge in [-0.05, 0) is 62.0 Å². The van der Waals surface area contributed by atoms with Gasteiger partial charge in [-0.3, -0.25) is 20.2 Å². The first-order valence-corrected chi connectivity index (χ1v) is 11.4. The van der Waals surface area contributed by atoms with Crippen molar-refractivity contribution in [1.82, 2.24) is 10.2 Å². The molecule has 188 valence electrons. The monoisotopic (exact) mass is 510 g/mol. The molecule has 0 aliphatic carbocycles. The van der Waals surface area contributed by atoms with Crippen LogP contribution in [0.5, 0.6) is 5.75 Å². The van der Waals surface area contributed by atoms with Gasteiger partial charge in [0.2, 0.25) is 0 Å². The van der Waals surface area contributed by atoms with E-state index in [-0.39, 0.29) is 35.9 Å². The zero-order valence-corrected chi connectivity index (χ0v) is 20.0. The van der Waals surface area contributed by atoms with Crippen LogP contribution in [0.15, 0.2) is 42.5 Å². The molecule has 0 saturated carbocycles. The number of nitro groups is 1. The van der Waals surface area contributed by atoms with Gasteiger partial charge in [0.1, 0.15) is 11.4 Å². The normalized spacial score (nSPS) is 14.9. The molecule has 1 aliphatic rings. The molecule has 1 saturated heterocycles. The van der Waals surface area contributed by atoms with Crippen molar-refractivity contribution in [2.24, 2.45) is 0 Å². The van der Waals surface area contributed by atoms with E-state index in [0.29, 0.717) is 30.5 Å². The van der Waals surface area contributed by atoms with Crippen molar-refractivity contribution in [1.29, 1.82) is 0 Å². The lowest BCUT2D eigenvalue weighted by molar-refractivity contribution is -0.384. The summed E-state index contributed by atoms with van der Waals surface area (Å²) in [6, 6.07) is 9.18. The average Bonchev–Trinajstić information content (AvgIpc) is 2.83. The minimum absolute atomic E-state index is 0.0601. The van der Waals surface area contributed by atoms with Gasteiger partial charge in [-0.1, -0.05) is 6.92 Å². The number of nitrogens with zero attached hydrogens (tertiary/aromatic N) is 3. The predicted octanol–water partition coefficient (Wildman–Crippen LogP) is 4.63. The van der Waals surface area contributed by atoms with Crippen molar-refractivity contribution in [3.05, 3.63) is 63.7 Å². The van der Waals surface area contributed by atoms with Crippen LogP contribution >= 0.6 is 12.2 Å². The number of thiocarbonyl (C=S) groups is 1. The fraction of sp³-hybridized carbons (Fsp3) is 0.391. The minimum atomic E-state index is -4.67. The van der Waals surface area contributed by atoms with E-state index in [4.69, 9.17) is 17.0 Å². The van der Waals surface area contributed by atoms with Crippen LogP contribution in [0.3, 0.4) is 0 Å². The fourth-order valence-electron chi connectivity index (χ4n) is 3.51. The summed E-state index contributed by atoms with van der Waals surface area (Å²) in [5.74, 6) is 0.276. The van der Waals surface area contributed by atoms with Crippen molar-refractivity contribution in [2.45, 2.75) is 32.5 Å². The number of anilines is 1. The summed E-state index contributed by atoms with van der Waals surface area (Å²) in [6.07, 6.45) is -3.76. The summed E-state index contributed by atoms with van der Waals surface area (Å²) in [5, 5.41) is 14.3. The van der Waals surface area contributed by atoms with Crippen LogP contribution in [0.25, 0.3) is 0 Å². The summed E-state index contributed by atoms with van der Waals surface area (Å²) < 4.78 is 44.6. The summed E-state index contributed by atoms with van der Waals surface area (Å²) >= 11 is 5.35. The lowest BCUT2D eigenvalue weighted by Crippen LogP contribution is -2.52. The highest BCUT2D eigenvalue weighted by atomic mass is 32.1. The standard InChI is InChI=1S/C23H25F3N4O4S/c1-3-15(2)34-18-7-4-16(5-8-18)21(31)27-22(35)29-12-10-28(11-13-29)19-9-6-17(23(24,25)26)14-20(19)30(32)33/h4-9,14-15H,3,10-13H2,1-2H3,(H,27,31,35)/t15-/m1/s1. The highest BCUT2D eigenvalue weighted by Gasteiger charge is 2.34. The largest absolute Gasteiger partial charge is 0.491 e. The molecular formula is C23H25F3N4O4S. The highest BCUT2D eigenvalue weighted by Crippen LogP contribution is 2.36. The predicted molar refractivity (Wildman–Crippen MR) is 129 cm³/mol. The zero-order valence-electron chi connectivity index (χ0n) is 19.2. The quantitative estimate of drug-likeness (QED) is 0.345. The van der Waals surface area contributed by atoms with E-state index in [0.717, 1.165) is 18.6 Å². The van der Waals surface area contributed by atoms with Crippen LogP contribution < -0.4 is 15.0 Å². The Morgan fingerprint density at radius 1 is 1.17 bits per heavy atom. The molecule has 2 aromatic rings. The van der Waals surface area contributed by atoms with E-state index in [9.17, 15) is 28.1 Å². The van der Waals surface area contributed by atoms with Crippen LogP contribution in [-0.4, -0.2) is 53.1 Å². The molecule has 1 aliphatic heterocycles. The molecule has 12 heteroatoms. The molecule has 1 fully saturated rings. The number of hydrogen-bond donors (Lipinski definition) is 1. The lowest BCUT2D eigenvalue weighted by Gasteiger charge is -2.37. The van der Waals surface area contributed by atoms with Crippen molar-refractivity contribution < 1.29 is 27.6 Å². The molecule has 8 nitrogen and oxygen atoms in total. The van der Waals surface area contributed by atoms with Crippen LogP contribution in [0, 0.1) is 10.1 Å². The van der Waals surface area contributed by atoms with Crippen LogP contribution in [0.1, 0.15) is 36.2 Å². The molecule has 1 N–H and O–H groups in total. The van der Waals surface area contributed by atoms with Crippen molar-refractivity contribution in [3.63, 3.8) is 0 Å². The second kappa shape index (κ2) is 10.9. The topological polar surface area (TPSA) is 88.0 Å². The molecule has 0 aromatic heterocycles. The molecule has 1 atom stereocenters. The number of amides is 1. The molecule has 35 heavy (non-hydrogen) atoms. The Balaban J connectivity index is 1.59. The molecule has 0 spiro atoms. The molecule has 0 bridgehead atoms. The molecule has 0 unspecified atom stereocenters. The second-order valence-electron chi connectivity index (χ2n) is 8.05. The van der Waals surface area contributed by atoms with Gasteiger partial charge in [-0.2, -0.15) is 13.2 Å². The molecule has 0 radical (unpaired) electrons. The second-order valence-corrected chi connectivity index (χ2v) is 8.44. The first-order chi connectivity index (χ1) is 16.5. The Morgan fingerprint density at radius 3 is 2.34 bits per heavy atom. The average molecular weight is 511 g/mol. The first-order valence-electron chi connectivity index (χ1n) is 11.0. The Bertz CT molecular complexity index is 1090. The van der Waals surface area contributed by atoms with E-state index < -0.39 is 22.4 Å². The minimum Gasteiger partial charge on any atom is -0.491 e. The molecule has 1 heterocycles. The summed E-state index contributed by atoms with van der Waals surface area (Å²) in [4.78, 5) is 26.5. The van der Waals surface area contributed by atoms with Gasteiger partial charge < -0.3 is 14.5 Å².